The maximum absolute atomic E-state index is 5.74. The molecule has 0 aliphatic carbocycles. The van der Waals surface area contributed by atoms with Crippen molar-refractivity contribution >= 4 is 12.2 Å². The van der Waals surface area contributed by atoms with Crippen LogP contribution in [-0.4, -0.2) is 13.2 Å². The molecule has 1 nitrogen and oxygen atoms in total. The van der Waals surface area contributed by atoms with Gasteiger partial charge in [0.15, 0.2) is 0 Å². The van der Waals surface area contributed by atoms with Gasteiger partial charge in [-0.05, 0) is 35.1 Å². The Kier molecular flexibility index (Phi) is 5.99. The number of hydrogen-bond acceptors (Lipinski definition) is 1. The fraction of sp³-hybridized carbons (Fsp3) is 0.200. The van der Waals surface area contributed by atoms with Crippen LogP contribution < -0.4 is 0 Å². The standard InChI is InChI=1S/C20H22O/c1-3-17-7-5-9-19(15-17)11-13-21-14-12-20-10-6-8-18(4-2)16-20/h3-10,15-16H,1-2,11-14H2. The van der Waals surface area contributed by atoms with Crippen molar-refractivity contribution in [2.45, 2.75) is 12.8 Å². The molecule has 0 atom stereocenters. The highest BCUT2D eigenvalue weighted by molar-refractivity contribution is 5.48. The molecule has 108 valence electrons. The number of ether oxygens (including phenoxy) is 1. The second-order valence-electron chi connectivity index (χ2n) is 5.01. The maximum atomic E-state index is 5.74. The van der Waals surface area contributed by atoms with E-state index in [-0.39, 0.29) is 0 Å². The summed E-state index contributed by atoms with van der Waals surface area (Å²) in [6.45, 7) is 9.09. The lowest BCUT2D eigenvalue weighted by Gasteiger charge is -2.06. The monoisotopic (exact) mass is 278 g/mol. The lowest BCUT2D eigenvalue weighted by molar-refractivity contribution is 0.140. The quantitative estimate of drug-likeness (QED) is 0.632. The largest absolute Gasteiger partial charge is 0.381 e. The first-order valence-electron chi connectivity index (χ1n) is 7.32. The van der Waals surface area contributed by atoms with Gasteiger partial charge in [-0.25, -0.2) is 0 Å². The number of benzene rings is 2. The Bertz CT molecular complexity index is 545. The summed E-state index contributed by atoms with van der Waals surface area (Å²) in [5.41, 5.74) is 4.91. The SMILES string of the molecule is C=Cc1cccc(CCOCCc2cccc(C=C)c2)c1. The van der Waals surface area contributed by atoms with Crippen molar-refractivity contribution in [3.8, 4) is 0 Å². The van der Waals surface area contributed by atoms with E-state index in [9.17, 15) is 0 Å². The average Bonchev–Trinajstić information content (AvgIpc) is 2.55. The minimum atomic E-state index is 0.752. The third-order valence-corrected chi connectivity index (χ3v) is 3.44. The van der Waals surface area contributed by atoms with Gasteiger partial charge < -0.3 is 4.74 Å². The van der Waals surface area contributed by atoms with Crippen LogP contribution in [0.3, 0.4) is 0 Å². The summed E-state index contributed by atoms with van der Waals surface area (Å²) in [4.78, 5) is 0. The predicted octanol–water partition coefficient (Wildman–Crippen LogP) is 4.77. The van der Waals surface area contributed by atoms with Gasteiger partial charge >= 0.3 is 0 Å². The molecule has 0 unspecified atom stereocenters. The molecule has 21 heavy (non-hydrogen) atoms. The average molecular weight is 278 g/mol. The Labute approximate surface area is 127 Å². The van der Waals surface area contributed by atoms with Crippen molar-refractivity contribution in [2.24, 2.45) is 0 Å². The Morgan fingerprint density at radius 3 is 1.67 bits per heavy atom. The fourth-order valence-electron chi connectivity index (χ4n) is 2.23. The van der Waals surface area contributed by atoms with Crippen LogP contribution in [0.25, 0.3) is 12.2 Å². The molecule has 2 aromatic carbocycles. The molecule has 0 saturated carbocycles. The summed E-state index contributed by atoms with van der Waals surface area (Å²) in [7, 11) is 0. The van der Waals surface area contributed by atoms with E-state index in [0.29, 0.717) is 0 Å². The molecule has 0 saturated heterocycles. The highest BCUT2D eigenvalue weighted by Crippen LogP contribution is 2.09. The second-order valence-corrected chi connectivity index (χ2v) is 5.01. The van der Waals surface area contributed by atoms with Gasteiger partial charge in [-0.2, -0.15) is 0 Å². The Balaban J connectivity index is 1.72. The van der Waals surface area contributed by atoms with Gasteiger partial charge in [-0.15, -0.1) is 0 Å². The highest BCUT2D eigenvalue weighted by atomic mass is 16.5. The minimum Gasteiger partial charge on any atom is -0.381 e. The van der Waals surface area contributed by atoms with Gasteiger partial charge in [0.05, 0.1) is 13.2 Å². The van der Waals surface area contributed by atoms with E-state index in [2.05, 4.69) is 61.7 Å². The van der Waals surface area contributed by atoms with Gasteiger partial charge in [0.25, 0.3) is 0 Å². The third kappa shape index (κ3) is 5.05. The minimum absolute atomic E-state index is 0.752. The van der Waals surface area contributed by atoms with Crippen LogP contribution in [0, 0.1) is 0 Å². The van der Waals surface area contributed by atoms with Gasteiger partial charge in [-0.3, -0.25) is 0 Å². The number of rotatable bonds is 8. The van der Waals surface area contributed by atoms with Gasteiger partial charge in [0.1, 0.15) is 0 Å². The van der Waals surface area contributed by atoms with Crippen molar-refractivity contribution in [1.29, 1.82) is 0 Å². The molecule has 0 fully saturated rings. The molecule has 0 spiro atoms. The first-order valence-corrected chi connectivity index (χ1v) is 7.32. The van der Waals surface area contributed by atoms with E-state index in [1.54, 1.807) is 0 Å². The van der Waals surface area contributed by atoms with Crippen LogP contribution in [0.2, 0.25) is 0 Å². The Morgan fingerprint density at radius 2 is 1.24 bits per heavy atom. The van der Waals surface area contributed by atoms with Crippen molar-refractivity contribution in [3.63, 3.8) is 0 Å². The number of hydrogen-bond donors (Lipinski definition) is 0. The first-order chi connectivity index (χ1) is 10.3. The lowest BCUT2D eigenvalue weighted by Crippen LogP contribution is -2.03. The smallest absolute Gasteiger partial charge is 0.0506 e. The predicted molar refractivity (Wildman–Crippen MR) is 91.3 cm³/mol. The zero-order valence-electron chi connectivity index (χ0n) is 12.4. The van der Waals surface area contributed by atoms with Crippen molar-refractivity contribution in [2.75, 3.05) is 13.2 Å². The summed E-state index contributed by atoms with van der Waals surface area (Å²) in [5, 5.41) is 0. The van der Waals surface area contributed by atoms with E-state index in [1.807, 2.05) is 12.2 Å². The van der Waals surface area contributed by atoms with Gasteiger partial charge in [-0.1, -0.05) is 73.8 Å². The molecule has 1 heteroatoms. The molecule has 0 heterocycles. The van der Waals surface area contributed by atoms with Crippen LogP contribution in [0.4, 0.5) is 0 Å². The molecular formula is C20H22O. The zero-order chi connectivity index (χ0) is 14.9. The summed E-state index contributed by atoms with van der Waals surface area (Å²) < 4.78 is 5.74. The summed E-state index contributed by atoms with van der Waals surface area (Å²) in [6, 6.07) is 16.8. The van der Waals surface area contributed by atoms with Crippen molar-refractivity contribution in [3.05, 3.63) is 83.9 Å². The van der Waals surface area contributed by atoms with E-state index < -0.39 is 0 Å². The lowest BCUT2D eigenvalue weighted by atomic mass is 10.1. The van der Waals surface area contributed by atoms with Crippen LogP contribution >= 0.6 is 0 Å². The van der Waals surface area contributed by atoms with Crippen LogP contribution in [0.5, 0.6) is 0 Å². The molecule has 0 bridgehead atoms. The van der Waals surface area contributed by atoms with E-state index in [4.69, 9.17) is 4.74 Å². The van der Waals surface area contributed by atoms with E-state index in [1.165, 1.54) is 11.1 Å². The molecule has 0 amide bonds. The Hall–Kier alpha value is -2.12. The van der Waals surface area contributed by atoms with Gasteiger partial charge in [0.2, 0.25) is 0 Å². The summed E-state index contributed by atoms with van der Waals surface area (Å²) in [5.74, 6) is 0. The molecule has 2 aromatic rings. The molecular weight excluding hydrogens is 256 g/mol. The van der Waals surface area contributed by atoms with E-state index in [0.717, 1.165) is 37.2 Å². The van der Waals surface area contributed by atoms with Crippen LogP contribution in [0.15, 0.2) is 61.7 Å². The first kappa shape index (κ1) is 15.3. The molecule has 0 N–H and O–H groups in total. The highest BCUT2D eigenvalue weighted by Gasteiger charge is 1.97. The van der Waals surface area contributed by atoms with Crippen molar-refractivity contribution < 1.29 is 4.74 Å². The maximum Gasteiger partial charge on any atom is 0.0506 e. The van der Waals surface area contributed by atoms with E-state index >= 15 is 0 Å². The van der Waals surface area contributed by atoms with Gasteiger partial charge in [0, 0.05) is 0 Å². The molecule has 0 aliphatic rings. The molecule has 0 radical (unpaired) electrons. The molecule has 0 aromatic heterocycles. The fourth-order valence-corrected chi connectivity index (χ4v) is 2.23. The summed E-state index contributed by atoms with van der Waals surface area (Å²) in [6.07, 6.45) is 5.62. The van der Waals surface area contributed by atoms with Crippen LogP contribution in [-0.2, 0) is 17.6 Å². The van der Waals surface area contributed by atoms with Crippen LogP contribution in [0.1, 0.15) is 22.3 Å². The molecule has 2 rings (SSSR count). The normalized spacial score (nSPS) is 10.3. The zero-order valence-corrected chi connectivity index (χ0v) is 12.4. The third-order valence-electron chi connectivity index (χ3n) is 3.44. The molecule has 0 aliphatic heterocycles. The Morgan fingerprint density at radius 1 is 0.762 bits per heavy atom. The second kappa shape index (κ2) is 8.23. The topological polar surface area (TPSA) is 9.23 Å². The van der Waals surface area contributed by atoms with Crippen molar-refractivity contribution in [1.82, 2.24) is 0 Å². The summed E-state index contributed by atoms with van der Waals surface area (Å²) >= 11 is 0.